The summed E-state index contributed by atoms with van der Waals surface area (Å²) in [6.45, 7) is 1.95. The van der Waals surface area contributed by atoms with Gasteiger partial charge in [-0.15, -0.1) is 0 Å². The molecule has 0 saturated heterocycles. The van der Waals surface area contributed by atoms with E-state index in [-0.39, 0.29) is 23.7 Å². The summed E-state index contributed by atoms with van der Waals surface area (Å²) in [6, 6.07) is 10.8. The summed E-state index contributed by atoms with van der Waals surface area (Å²) >= 11 is 12.0. The predicted molar refractivity (Wildman–Crippen MR) is 113 cm³/mol. The Morgan fingerprint density at radius 2 is 1.86 bits per heavy atom. The summed E-state index contributed by atoms with van der Waals surface area (Å²) in [7, 11) is -2.21. The first-order valence-electron chi connectivity index (χ1n) is 8.53. The Bertz CT molecular complexity index is 951. The third-order valence-electron chi connectivity index (χ3n) is 4.13. The van der Waals surface area contributed by atoms with Crippen LogP contribution < -0.4 is 14.4 Å². The molecule has 28 heavy (non-hydrogen) atoms. The number of nitrogens with one attached hydrogen (secondary N) is 1. The van der Waals surface area contributed by atoms with Gasteiger partial charge in [-0.3, -0.25) is 9.10 Å². The summed E-state index contributed by atoms with van der Waals surface area (Å²) in [5, 5.41) is 3.29. The molecule has 0 heterocycles. The molecule has 2 rings (SSSR count). The van der Waals surface area contributed by atoms with E-state index in [9.17, 15) is 13.2 Å². The number of benzene rings is 2. The lowest BCUT2D eigenvalue weighted by atomic mass is 10.1. The predicted octanol–water partition coefficient (Wildman–Crippen LogP) is 3.86. The number of carbonyl (C=O) groups excluding carboxylic acids is 1. The second-order valence-electron chi connectivity index (χ2n) is 6.11. The third-order valence-corrected chi connectivity index (χ3v) is 6.05. The number of halogens is 2. The van der Waals surface area contributed by atoms with E-state index >= 15 is 0 Å². The van der Waals surface area contributed by atoms with Crippen LogP contribution in [0.5, 0.6) is 5.75 Å². The quantitative estimate of drug-likeness (QED) is 0.670. The van der Waals surface area contributed by atoms with E-state index in [0.717, 1.165) is 16.1 Å². The van der Waals surface area contributed by atoms with Crippen LogP contribution in [0, 0.1) is 0 Å². The van der Waals surface area contributed by atoms with E-state index in [0.29, 0.717) is 10.8 Å². The summed E-state index contributed by atoms with van der Waals surface area (Å²) < 4.78 is 31.3. The van der Waals surface area contributed by atoms with Gasteiger partial charge in [0.05, 0.1) is 29.1 Å². The first-order chi connectivity index (χ1) is 13.2. The van der Waals surface area contributed by atoms with Crippen molar-refractivity contribution in [2.45, 2.75) is 25.9 Å². The molecule has 0 bridgehead atoms. The van der Waals surface area contributed by atoms with E-state index in [1.807, 2.05) is 18.2 Å². The van der Waals surface area contributed by atoms with Gasteiger partial charge in [0.1, 0.15) is 11.8 Å². The first-order valence-corrected chi connectivity index (χ1v) is 11.1. The number of ether oxygens (including phenoxy) is 1. The number of para-hydroxylation sites is 1. The third kappa shape index (κ3) is 5.31. The van der Waals surface area contributed by atoms with E-state index < -0.39 is 22.0 Å². The van der Waals surface area contributed by atoms with Gasteiger partial charge in [0, 0.05) is 12.1 Å². The monoisotopic (exact) mass is 444 g/mol. The van der Waals surface area contributed by atoms with Crippen molar-refractivity contribution in [1.29, 1.82) is 0 Å². The number of methoxy groups -OCH3 is 1. The van der Waals surface area contributed by atoms with Crippen molar-refractivity contribution in [3.05, 3.63) is 58.1 Å². The van der Waals surface area contributed by atoms with Gasteiger partial charge in [-0.05, 0) is 30.7 Å². The van der Waals surface area contributed by atoms with Gasteiger partial charge < -0.3 is 10.1 Å². The van der Waals surface area contributed by atoms with Crippen molar-refractivity contribution in [2.75, 3.05) is 17.7 Å². The molecule has 2 aromatic rings. The van der Waals surface area contributed by atoms with Crippen LogP contribution in [0.25, 0.3) is 0 Å². The molecule has 0 unspecified atom stereocenters. The molecule has 0 fully saturated rings. The van der Waals surface area contributed by atoms with Gasteiger partial charge in [-0.2, -0.15) is 0 Å². The lowest BCUT2D eigenvalue weighted by Gasteiger charge is -2.30. The molecule has 0 aliphatic rings. The highest BCUT2D eigenvalue weighted by Crippen LogP contribution is 2.30. The van der Waals surface area contributed by atoms with Gasteiger partial charge in [0.25, 0.3) is 0 Å². The Hall–Kier alpha value is -1.96. The zero-order valence-corrected chi connectivity index (χ0v) is 18.1. The lowest BCUT2D eigenvalue weighted by Crippen LogP contribution is -2.49. The summed E-state index contributed by atoms with van der Waals surface area (Å²) in [5.74, 6) is 0.213. The van der Waals surface area contributed by atoms with Crippen molar-refractivity contribution in [3.63, 3.8) is 0 Å². The van der Waals surface area contributed by atoms with Crippen LogP contribution in [0.15, 0.2) is 42.5 Å². The maximum Gasteiger partial charge on any atom is 0.244 e. The van der Waals surface area contributed by atoms with Gasteiger partial charge >= 0.3 is 0 Å². The van der Waals surface area contributed by atoms with E-state index in [1.54, 1.807) is 20.1 Å². The summed E-state index contributed by atoms with van der Waals surface area (Å²) in [4.78, 5) is 12.8. The summed E-state index contributed by atoms with van der Waals surface area (Å²) in [5.41, 5.74) is 1.06. The average Bonchev–Trinajstić information content (AvgIpc) is 2.65. The van der Waals surface area contributed by atoms with Crippen molar-refractivity contribution in [1.82, 2.24) is 5.32 Å². The highest BCUT2D eigenvalue weighted by atomic mass is 35.5. The molecule has 6 nitrogen and oxygen atoms in total. The fraction of sp³-hybridized carbons (Fsp3) is 0.316. The number of hydrogen-bond donors (Lipinski definition) is 1. The van der Waals surface area contributed by atoms with Crippen molar-refractivity contribution < 1.29 is 17.9 Å². The molecule has 0 aromatic heterocycles. The fourth-order valence-corrected chi connectivity index (χ4v) is 4.33. The Labute approximate surface area is 175 Å². The van der Waals surface area contributed by atoms with Crippen molar-refractivity contribution in [3.8, 4) is 5.75 Å². The van der Waals surface area contributed by atoms with Crippen LogP contribution in [-0.4, -0.2) is 33.7 Å². The molecule has 1 atom stereocenters. The van der Waals surface area contributed by atoms with Crippen LogP contribution >= 0.6 is 23.2 Å². The molecule has 0 radical (unpaired) electrons. The number of sulfonamides is 1. The topological polar surface area (TPSA) is 75.7 Å². The Kier molecular flexibility index (Phi) is 7.57. The zero-order valence-electron chi connectivity index (χ0n) is 15.8. The van der Waals surface area contributed by atoms with Crippen LogP contribution in [0.2, 0.25) is 10.0 Å². The standard InChI is InChI=1S/C19H22Cl2N2O4S/c1-4-17(19(24)22-12-13-7-5-6-8-18(13)27-2)23(28(3,25)26)14-9-10-15(20)16(21)11-14/h5-11,17H,4,12H2,1-3H3,(H,22,24)/t17-/m0/s1. The van der Waals surface area contributed by atoms with Gasteiger partial charge in [0.2, 0.25) is 15.9 Å². The van der Waals surface area contributed by atoms with Crippen molar-refractivity contribution in [2.24, 2.45) is 0 Å². The smallest absolute Gasteiger partial charge is 0.244 e. The highest BCUT2D eigenvalue weighted by molar-refractivity contribution is 7.92. The SMILES string of the molecule is CC[C@@H](C(=O)NCc1ccccc1OC)N(c1ccc(Cl)c(Cl)c1)S(C)(=O)=O. The van der Waals surface area contributed by atoms with Crippen molar-refractivity contribution >= 4 is 44.8 Å². The average molecular weight is 445 g/mol. The van der Waals surface area contributed by atoms with Crippen LogP contribution in [-0.2, 0) is 21.4 Å². The number of hydrogen-bond acceptors (Lipinski definition) is 4. The normalized spacial score (nSPS) is 12.3. The van der Waals surface area contributed by atoms with Crippen LogP contribution in [0.1, 0.15) is 18.9 Å². The molecular formula is C19H22Cl2N2O4S. The highest BCUT2D eigenvalue weighted by Gasteiger charge is 2.31. The molecule has 1 amide bonds. The molecule has 0 spiro atoms. The van der Waals surface area contributed by atoms with E-state index in [4.69, 9.17) is 27.9 Å². The maximum absolute atomic E-state index is 12.8. The molecule has 1 N–H and O–H groups in total. The molecule has 152 valence electrons. The minimum absolute atomic E-state index is 0.206. The fourth-order valence-electron chi connectivity index (χ4n) is 2.83. The second-order valence-corrected chi connectivity index (χ2v) is 8.78. The van der Waals surface area contributed by atoms with Crippen LogP contribution in [0.4, 0.5) is 5.69 Å². The minimum atomic E-state index is -3.75. The lowest BCUT2D eigenvalue weighted by molar-refractivity contribution is -0.122. The number of nitrogens with zero attached hydrogens (tertiary/aromatic N) is 1. The molecule has 0 aliphatic heterocycles. The summed E-state index contributed by atoms with van der Waals surface area (Å²) in [6.07, 6.45) is 1.32. The Balaban J connectivity index is 2.30. The molecule has 2 aromatic carbocycles. The largest absolute Gasteiger partial charge is 0.496 e. The molecule has 0 saturated carbocycles. The number of amides is 1. The zero-order chi connectivity index (χ0) is 20.9. The maximum atomic E-state index is 12.8. The number of anilines is 1. The Morgan fingerprint density at radius 1 is 1.18 bits per heavy atom. The molecular weight excluding hydrogens is 423 g/mol. The number of carbonyl (C=O) groups is 1. The van der Waals surface area contributed by atoms with Gasteiger partial charge in [-0.25, -0.2) is 8.42 Å². The number of rotatable bonds is 8. The van der Waals surface area contributed by atoms with Gasteiger partial charge in [0.15, 0.2) is 0 Å². The van der Waals surface area contributed by atoms with E-state index in [2.05, 4.69) is 5.32 Å². The van der Waals surface area contributed by atoms with Gasteiger partial charge in [-0.1, -0.05) is 48.3 Å². The molecule has 0 aliphatic carbocycles. The van der Waals surface area contributed by atoms with E-state index in [1.165, 1.54) is 18.2 Å². The minimum Gasteiger partial charge on any atom is -0.496 e. The molecule has 9 heteroatoms. The second kappa shape index (κ2) is 9.49. The first kappa shape index (κ1) is 22.3. The Morgan fingerprint density at radius 3 is 2.43 bits per heavy atom. The van der Waals surface area contributed by atoms with Crippen LogP contribution in [0.3, 0.4) is 0 Å².